The molecule has 5 rings (SSSR count). The van der Waals surface area contributed by atoms with E-state index in [0.717, 1.165) is 11.1 Å². The summed E-state index contributed by atoms with van der Waals surface area (Å²) in [7, 11) is 0. The zero-order valence-electron chi connectivity index (χ0n) is 18.7. The molecule has 2 aliphatic heterocycles. The maximum absolute atomic E-state index is 14.4. The molecule has 174 valence electrons. The maximum atomic E-state index is 14.4. The van der Waals surface area contributed by atoms with Gasteiger partial charge in [-0.05, 0) is 61.4 Å². The Kier molecular flexibility index (Phi) is 5.44. The molecule has 0 saturated carbocycles. The van der Waals surface area contributed by atoms with Gasteiger partial charge in [0.25, 0.3) is 5.91 Å². The molecule has 34 heavy (non-hydrogen) atoms. The Morgan fingerprint density at radius 2 is 1.91 bits per heavy atom. The number of ether oxygens (including phenoxy) is 2. The van der Waals surface area contributed by atoms with Gasteiger partial charge in [-0.3, -0.25) is 9.59 Å². The summed E-state index contributed by atoms with van der Waals surface area (Å²) < 4.78 is 25.1. The van der Waals surface area contributed by atoms with Crippen molar-refractivity contribution < 1.29 is 23.5 Å². The Morgan fingerprint density at radius 1 is 1.12 bits per heavy atom. The summed E-state index contributed by atoms with van der Waals surface area (Å²) in [4.78, 5) is 27.6. The highest BCUT2D eigenvalue weighted by atomic mass is 35.5. The number of carbonyl (C=O) groups is 2. The van der Waals surface area contributed by atoms with Gasteiger partial charge in [0.2, 0.25) is 12.7 Å². The Labute approximate surface area is 201 Å². The third-order valence-electron chi connectivity index (χ3n) is 6.27. The molecule has 2 amide bonds. The zero-order chi connectivity index (χ0) is 24.0. The van der Waals surface area contributed by atoms with Crippen LogP contribution in [-0.4, -0.2) is 18.6 Å². The summed E-state index contributed by atoms with van der Waals surface area (Å²) in [6, 6.07) is 15.1. The number of anilines is 1. The van der Waals surface area contributed by atoms with Gasteiger partial charge >= 0.3 is 0 Å². The van der Waals surface area contributed by atoms with Crippen LogP contribution in [0.25, 0.3) is 0 Å². The normalized spacial score (nSPS) is 15.4. The van der Waals surface area contributed by atoms with Gasteiger partial charge in [0.1, 0.15) is 5.82 Å². The molecule has 0 aromatic heterocycles. The molecular formula is C26H22ClFN2O4. The first-order valence-electron chi connectivity index (χ1n) is 10.8. The highest BCUT2D eigenvalue weighted by Gasteiger charge is 2.44. The van der Waals surface area contributed by atoms with Gasteiger partial charge in [-0.1, -0.05) is 29.8 Å². The largest absolute Gasteiger partial charge is 0.454 e. The van der Waals surface area contributed by atoms with Crippen molar-refractivity contribution in [2.24, 2.45) is 0 Å². The molecule has 0 bridgehead atoms. The quantitative estimate of drug-likeness (QED) is 0.560. The second-order valence-electron chi connectivity index (χ2n) is 8.82. The fraction of sp³-hybridized carbons (Fsp3) is 0.231. The highest BCUT2D eigenvalue weighted by molar-refractivity contribution is 6.31. The monoisotopic (exact) mass is 480 g/mol. The number of fused-ring (bicyclic) bond motifs is 2. The fourth-order valence-electron chi connectivity index (χ4n) is 4.32. The van der Waals surface area contributed by atoms with Gasteiger partial charge in [0, 0.05) is 28.4 Å². The third-order valence-corrected chi connectivity index (χ3v) is 6.63. The first-order chi connectivity index (χ1) is 16.3. The molecule has 3 aromatic rings. The van der Waals surface area contributed by atoms with Gasteiger partial charge in [-0.2, -0.15) is 0 Å². The number of carbonyl (C=O) groups excluding carboxylic acids is 2. The summed E-state index contributed by atoms with van der Waals surface area (Å²) in [5, 5.41) is 3.14. The molecule has 0 unspecified atom stereocenters. The first kappa shape index (κ1) is 22.2. The van der Waals surface area contributed by atoms with Crippen LogP contribution in [-0.2, 0) is 23.3 Å². The molecule has 1 N–H and O–H groups in total. The van der Waals surface area contributed by atoms with Gasteiger partial charge in [-0.15, -0.1) is 0 Å². The van der Waals surface area contributed by atoms with E-state index in [1.807, 2.05) is 26.0 Å². The highest BCUT2D eigenvalue weighted by Crippen LogP contribution is 2.43. The minimum atomic E-state index is -0.811. The predicted octanol–water partition coefficient (Wildman–Crippen LogP) is 4.96. The molecule has 0 spiro atoms. The van der Waals surface area contributed by atoms with Crippen molar-refractivity contribution >= 4 is 29.1 Å². The van der Waals surface area contributed by atoms with E-state index in [4.69, 9.17) is 21.1 Å². The van der Waals surface area contributed by atoms with Crippen LogP contribution in [0.5, 0.6) is 11.5 Å². The average molecular weight is 481 g/mol. The second-order valence-corrected chi connectivity index (χ2v) is 9.23. The van der Waals surface area contributed by atoms with E-state index >= 15 is 0 Å². The predicted molar refractivity (Wildman–Crippen MR) is 126 cm³/mol. The zero-order valence-corrected chi connectivity index (χ0v) is 19.4. The molecule has 6 nitrogen and oxygen atoms in total. The van der Waals surface area contributed by atoms with Crippen molar-refractivity contribution in [3.8, 4) is 11.5 Å². The summed E-state index contributed by atoms with van der Waals surface area (Å²) in [6.45, 7) is 4.09. The maximum Gasteiger partial charge on any atom is 0.251 e. The SMILES string of the molecule is CC1(C)C(=O)N(Cc2c(F)cccc2Cl)c2cc(C(=O)NCc3ccc4c(c3)OCO4)ccc21. The van der Waals surface area contributed by atoms with Crippen LogP contribution in [0.2, 0.25) is 5.02 Å². The molecule has 2 aliphatic rings. The number of rotatable bonds is 5. The fourth-order valence-corrected chi connectivity index (χ4v) is 4.54. The van der Waals surface area contributed by atoms with E-state index in [-0.39, 0.29) is 35.7 Å². The molecular weight excluding hydrogens is 459 g/mol. The Morgan fingerprint density at radius 3 is 2.71 bits per heavy atom. The average Bonchev–Trinajstić information content (AvgIpc) is 3.36. The Bertz CT molecular complexity index is 1300. The summed E-state index contributed by atoms with van der Waals surface area (Å²) in [6.07, 6.45) is 0. The van der Waals surface area contributed by atoms with E-state index in [9.17, 15) is 14.0 Å². The van der Waals surface area contributed by atoms with Gasteiger partial charge in [0.15, 0.2) is 11.5 Å². The summed E-state index contributed by atoms with van der Waals surface area (Å²) in [5.74, 6) is 0.369. The summed E-state index contributed by atoms with van der Waals surface area (Å²) >= 11 is 6.21. The lowest BCUT2D eigenvalue weighted by Crippen LogP contribution is -2.36. The van der Waals surface area contributed by atoms with Crippen molar-refractivity contribution in [2.45, 2.75) is 32.4 Å². The standard InChI is InChI=1S/C26H22ClFN2O4/c1-26(2)18-8-7-16(24(31)29-12-15-6-9-22-23(10-15)34-14-33-22)11-21(18)30(25(26)32)13-17-19(27)4-3-5-20(17)28/h3-11H,12-14H2,1-2H3,(H,29,31). The Hall–Kier alpha value is -3.58. The second kappa shape index (κ2) is 8.33. The van der Waals surface area contributed by atoms with E-state index in [1.165, 1.54) is 17.0 Å². The van der Waals surface area contributed by atoms with Gasteiger partial charge in [-0.25, -0.2) is 4.39 Å². The number of halogens is 2. The number of hydrogen-bond acceptors (Lipinski definition) is 4. The molecule has 0 fully saturated rings. The molecule has 0 radical (unpaired) electrons. The third kappa shape index (κ3) is 3.76. The minimum Gasteiger partial charge on any atom is -0.454 e. The van der Waals surface area contributed by atoms with Crippen LogP contribution in [0.1, 0.15) is 40.9 Å². The lowest BCUT2D eigenvalue weighted by Gasteiger charge is -2.21. The van der Waals surface area contributed by atoms with Crippen molar-refractivity contribution in [2.75, 3.05) is 11.7 Å². The molecule has 3 aromatic carbocycles. The van der Waals surface area contributed by atoms with Crippen LogP contribution in [0.4, 0.5) is 10.1 Å². The topological polar surface area (TPSA) is 67.9 Å². The van der Waals surface area contributed by atoms with Crippen molar-refractivity contribution in [3.63, 3.8) is 0 Å². The van der Waals surface area contributed by atoms with Crippen LogP contribution in [0.15, 0.2) is 54.6 Å². The lowest BCUT2D eigenvalue weighted by atomic mass is 9.86. The summed E-state index contributed by atoms with van der Waals surface area (Å²) in [5.41, 5.74) is 2.04. The van der Waals surface area contributed by atoms with Crippen LogP contribution >= 0.6 is 11.6 Å². The van der Waals surface area contributed by atoms with E-state index < -0.39 is 11.2 Å². The van der Waals surface area contributed by atoms with Crippen molar-refractivity contribution in [1.82, 2.24) is 5.32 Å². The van der Waals surface area contributed by atoms with Crippen LogP contribution in [0, 0.1) is 5.82 Å². The number of benzene rings is 3. The van der Waals surface area contributed by atoms with Crippen LogP contribution in [0.3, 0.4) is 0 Å². The van der Waals surface area contributed by atoms with Gasteiger partial charge in [0.05, 0.1) is 12.0 Å². The number of hydrogen-bond donors (Lipinski definition) is 1. The molecule has 8 heteroatoms. The van der Waals surface area contributed by atoms with Crippen molar-refractivity contribution in [3.05, 3.63) is 87.7 Å². The lowest BCUT2D eigenvalue weighted by molar-refractivity contribution is -0.122. The smallest absolute Gasteiger partial charge is 0.251 e. The van der Waals surface area contributed by atoms with Crippen LogP contribution < -0.4 is 19.7 Å². The van der Waals surface area contributed by atoms with Crippen molar-refractivity contribution in [1.29, 1.82) is 0 Å². The molecule has 0 aliphatic carbocycles. The van der Waals surface area contributed by atoms with E-state index in [1.54, 1.807) is 30.3 Å². The number of nitrogens with zero attached hydrogens (tertiary/aromatic N) is 1. The molecule has 0 saturated heterocycles. The van der Waals surface area contributed by atoms with E-state index in [2.05, 4.69) is 5.32 Å². The molecule has 0 atom stereocenters. The Balaban J connectivity index is 1.40. The minimum absolute atomic E-state index is 0.0248. The van der Waals surface area contributed by atoms with E-state index in [0.29, 0.717) is 29.3 Å². The van der Waals surface area contributed by atoms with Gasteiger partial charge < -0.3 is 19.7 Å². The molecule has 2 heterocycles. The number of nitrogens with one attached hydrogen (secondary N) is 1. The first-order valence-corrected chi connectivity index (χ1v) is 11.2. The number of amides is 2.